The number of nitriles is 2. The fourth-order valence-electron chi connectivity index (χ4n) is 9.39. The molecule has 0 saturated carbocycles. The van der Waals surface area contributed by atoms with Crippen LogP contribution in [-0.2, 0) is 0 Å². The fraction of sp³-hybridized carbons (Fsp3) is 0. The van der Waals surface area contributed by atoms with E-state index in [1.54, 1.807) is 72.5 Å². The Kier molecular flexibility index (Phi) is 10.4. The van der Waals surface area contributed by atoms with Gasteiger partial charge < -0.3 is 14.7 Å². The number of fused-ring (bicyclic) bond motifs is 6. The van der Waals surface area contributed by atoms with E-state index in [2.05, 4.69) is 104 Å². The SMILES string of the molecule is [C-]#[N+]c1cnc(-c2c(N3c4ccccc4Sc4ccccc43)c(-c3ncc(C#N)cn3)c(N3c4ccccc4Sc4ccccc43)c(-c3ncc(C#N)cn3)c2N2c3ccccc3Sc3ccccc32)nc1. The van der Waals surface area contributed by atoms with Crippen molar-refractivity contribution < 1.29 is 0 Å². The highest BCUT2D eigenvalue weighted by molar-refractivity contribution is 8.00. The van der Waals surface area contributed by atoms with E-state index in [9.17, 15) is 10.5 Å². The van der Waals surface area contributed by atoms with Crippen molar-refractivity contribution in [3.63, 3.8) is 0 Å². The Morgan fingerprint density at radius 3 is 0.833 bits per heavy atom. The number of hydrogen-bond acceptors (Lipinski definition) is 14. The Morgan fingerprint density at radius 2 is 0.597 bits per heavy atom. The van der Waals surface area contributed by atoms with E-state index in [-0.39, 0.29) is 28.5 Å². The van der Waals surface area contributed by atoms with Crippen LogP contribution in [0.25, 0.3) is 39.0 Å². The third-order valence-electron chi connectivity index (χ3n) is 12.4. The lowest BCUT2D eigenvalue weighted by Crippen LogP contribution is -2.25. The Balaban J connectivity index is 1.35. The van der Waals surface area contributed by atoms with Gasteiger partial charge in [-0.25, -0.2) is 34.7 Å². The van der Waals surface area contributed by atoms with Crippen molar-refractivity contribution in [1.29, 1.82) is 10.5 Å². The van der Waals surface area contributed by atoms with Gasteiger partial charge in [0.05, 0.1) is 85.6 Å². The largest absolute Gasteiger partial charge is 0.307 e. The molecule has 3 aliphatic heterocycles. The van der Waals surface area contributed by atoms with Crippen LogP contribution in [0, 0.1) is 29.2 Å². The van der Waals surface area contributed by atoms with E-state index in [0.717, 1.165) is 63.5 Å². The van der Waals surface area contributed by atoms with Gasteiger partial charge in [-0.1, -0.05) is 108 Å². The summed E-state index contributed by atoms with van der Waals surface area (Å²) in [5.74, 6) is 0.867. The summed E-state index contributed by atoms with van der Waals surface area (Å²) in [4.78, 5) is 47.2. The van der Waals surface area contributed by atoms with E-state index >= 15 is 0 Å². The third-order valence-corrected chi connectivity index (χ3v) is 15.8. The zero-order chi connectivity index (χ0) is 48.3. The molecule has 336 valence electrons. The Bertz CT molecular complexity index is 3410. The van der Waals surface area contributed by atoms with E-state index in [4.69, 9.17) is 36.5 Å². The number of anilines is 9. The molecule has 72 heavy (non-hydrogen) atoms. The van der Waals surface area contributed by atoms with Crippen molar-refractivity contribution in [2.75, 3.05) is 14.7 Å². The van der Waals surface area contributed by atoms with Gasteiger partial charge in [0.2, 0.25) is 5.69 Å². The predicted molar refractivity (Wildman–Crippen MR) is 282 cm³/mol. The van der Waals surface area contributed by atoms with Gasteiger partial charge in [-0.2, -0.15) is 10.5 Å². The maximum Gasteiger partial charge on any atom is 0.222 e. The van der Waals surface area contributed by atoms with Crippen LogP contribution in [-0.4, -0.2) is 29.9 Å². The summed E-state index contributed by atoms with van der Waals surface area (Å²) in [5.41, 5.74) is 9.52. The molecule has 0 radical (unpaired) electrons. The molecule has 3 aliphatic rings. The second kappa shape index (κ2) is 17.6. The van der Waals surface area contributed by atoms with Crippen LogP contribution in [0.4, 0.5) is 56.9 Å². The fourth-order valence-corrected chi connectivity index (χ4v) is 12.6. The van der Waals surface area contributed by atoms with Gasteiger partial charge in [0.15, 0.2) is 17.5 Å². The molecule has 0 saturated heterocycles. The van der Waals surface area contributed by atoms with Crippen LogP contribution in [0.2, 0.25) is 0 Å². The normalized spacial score (nSPS) is 12.7. The minimum absolute atomic E-state index is 0.263. The van der Waals surface area contributed by atoms with Crippen LogP contribution in [0.15, 0.2) is 212 Å². The number of benzene rings is 7. The summed E-state index contributed by atoms with van der Waals surface area (Å²) in [6.45, 7) is 8.01. The van der Waals surface area contributed by atoms with Crippen LogP contribution in [0.3, 0.4) is 0 Å². The van der Waals surface area contributed by atoms with E-state index in [0.29, 0.717) is 39.6 Å². The summed E-state index contributed by atoms with van der Waals surface area (Å²) in [7, 11) is 0. The minimum atomic E-state index is 0.263. The first-order valence-corrected chi connectivity index (χ1v) is 24.9. The average molecular weight is 979 g/mol. The molecular formula is C57H30N12S3. The van der Waals surface area contributed by atoms with Gasteiger partial charge in [-0.05, 0) is 72.8 Å². The van der Waals surface area contributed by atoms with Crippen LogP contribution >= 0.6 is 35.3 Å². The molecular weight excluding hydrogens is 949 g/mol. The summed E-state index contributed by atoms with van der Waals surface area (Å²) >= 11 is 5.04. The average Bonchev–Trinajstić information content (AvgIpc) is 3.44. The number of aromatic nitrogens is 6. The van der Waals surface area contributed by atoms with E-state index < -0.39 is 0 Å². The van der Waals surface area contributed by atoms with Crippen molar-refractivity contribution in [1.82, 2.24) is 29.9 Å². The molecule has 13 rings (SSSR count). The van der Waals surface area contributed by atoms with Crippen molar-refractivity contribution in [2.24, 2.45) is 0 Å². The highest BCUT2D eigenvalue weighted by atomic mass is 32.2. The maximum absolute atomic E-state index is 10.2. The molecule has 7 aromatic carbocycles. The smallest absolute Gasteiger partial charge is 0.222 e. The van der Waals surface area contributed by atoms with E-state index in [1.165, 1.54) is 0 Å². The monoisotopic (exact) mass is 978 g/mol. The second-order valence-electron chi connectivity index (χ2n) is 16.5. The summed E-state index contributed by atoms with van der Waals surface area (Å²) in [6, 6.07) is 54.2. The molecule has 0 amide bonds. The number of nitrogens with zero attached hydrogens (tertiary/aromatic N) is 12. The summed E-state index contributed by atoms with van der Waals surface area (Å²) in [6.07, 6.45) is 9.25. The van der Waals surface area contributed by atoms with Crippen molar-refractivity contribution >= 4 is 92.2 Å². The van der Waals surface area contributed by atoms with Crippen molar-refractivity contribution in [2.45, 2.75) is 29.4 Å². The highest BCUT2D eigenvalue weighted by Gasteiger charge is 2.43. The molecule has 0 N–H and O–H groups in total. The maximum atomic E-state index is 10.2. The molecule has 12 nitrogen and oxygen atoms in total. The lowest BCUT2D eigenvalue weighted by Gasteiger charge is -2.42. The van der Waals surface area contributed by atoms with E-state index in [1.807, 2.05) is 72.8 Å². The van der Waals surface area contributed by atoms with Crippen LogP contribution in [0.1, 0.15) is 11.1 Å². The summed E-state index contributed by atoms with van der Waals surface area (Å²) in [5, 5.41) is 20.5. The Hall–Kier alpha value is -9.30. The highest BCUT2D eigenvalue weighted by Crippen LogP contribution is 2.66. The van der Waals surface area contributed by atoms with Crippen molar-refractivity contribution in [3.8, 4) is 46.3 Å². The lowest BCUT2D eigenvalue weighted by molar-refractivity contribution is 1.08. The quantitative estimate of drug-likeness (QED) is 0.146. The molecule has 0 spiro atoms. The first-order chi connectivity index (χ1) is 35.6. The van der Waals surface area contributed by atoms with Crippen LogP contribution in [0.5, 0.6) is 0 Å². The second-order valence-corrected chi connectivity index (χ2v) is 19.7. The van der Waals surface area contributed by atoms with Gasteiger partial charge in [0.25, 0.3) is 0 Å². The topological polar surface area (TPSA) is 139 Å². The summed E-state index contributed by atoms with van der Waals surface area (Å²) < 4.78 is 0. The number of hydrogen-bond donors (Lipinski definition) is 0. The minimum Gasteiger partial charge on any atom is -0.307 e. The van der Waals surface area contributed by atoms with Crippen molar-refractivity contribution in [3.05, 3.63) is 205 Å². The van der Waals surface area contributed by atoms with Crippen LogP contribution < -0.4 is 14.7 Å². The number of para-hydroxylation sites is 6. The first kappa shape index (κ1) is 42.8. The molecule has 0 bridgehead atoms. The Labute approximate surface area is 425 Å². The third kappa shape index (κ3) is 6.93. The molecule has 15 heteroatoms. The zero-order valence-electron chi connectivity index (χ0n) is 37.4. The standard InChI is InChI=1S/C57H30N12S3/c1-60-36-32-65-57(66-33-36)51-53(68-39-16-4-10-22-45(39)71-46-23-11-5-17-40(46)68)49(55-61-28-34(26-58)29-62-55)52(67-37-14-2-8-20-43(37)70-44-21-9-3-15-38(44)67)50(56-63-30-35(27-59)31-64-56)54(51)69-41-18-6-12-24-47(41)72-48-25-13-7-19-42(48)69/h2-25,28-33H. The molecule has 10 aromatic rings. The molecule has 6 heterocycles. The van der Waals surface area contributed by atoms with Gasteiger partial charge >= 0.3 is 0 Å². The molecule has 0 unspecified atom stereocenters. The molecule has 3 aromatic heterocycles. The molecule has 0 fully saturated rings. The van der Waals surface area contributed by atoms with Gasteiger partial charge in [0, 0.05) is 66.6 Å². The lowest BCUT2D eigenvalue weighted by atomic mass is 9.90. The number of rotatable bonds is 6. The van der Waals surface area contributed by atoms with Gasteiger partial charge in [0.1, 0.15) is 12.1 Å². The predicted octanol–water partition coefficient (Wildman–Crippen LogP) is 15.2. The Morgan fingerprint density at radius 1 is 0.361 bits per heavy atom. The molecule has 0 aliphatic carbocycles. The van der Waals surface area contributed by atoms with Gasteiger partial charge in [-0.15, -0.1) is 0 Å². The first-order valence-electron chi connectivity index (χ1n) is 22.5. The zero-order valence-corrected chi connectivity index (χ0v) is 39.9. The van der Waals surface area contributed by atoms with Gasteiger partial charge in [-0.3, -0.25) is 0 Å². The molecule has 0 atom stereocenters.